The minimum atomic E-state index is -1.62. The van der Waals surface area contributed by atoms with Crippen molar-refractivity contribution in [1.29, 1.82) is 5.26 Å². The number of aromatic nitrogens is 3. The van der Waals surface area contributed by atoms with Crippen molar-refractivity contribution in [1.82, 2.24) is 19.7 Å². The predicted molar refractivity (Wildman–Crippen MR) is 132 cm³/mol. The molecule has 0 unspecified atom stereocenters. The number of hydrogen-bond acceptors (Lipinski definition) is 8. The Kier molecular flexibility index (Phi) is 7.54. The fourth-order valence-electron chi connectivity index (χ4n) is 3.86. The van der Waals surface area contributed by atoms with Crippen LogP contribution in [0.2, 0.25) is 10.0 Å². The van der Waals surface area contributed by atoms with Crippen molar-refractivity contribution in [3.05, 3.63) is 50.9 Å². The molecule has 3 aromatic rings. The third-order valence-electron chi connectivity index (χ3n) is 5.58. The maximum absolute atomic E-state index is 12.6. The number of amides is 2. The summed E-state index contributed by atoms with van der Waals surface area (Å²) in [4.78, 5) is 34.9. The van der Waals surface area contributed by atoms with E-state index in [1.165, 1.54) is 34.3 Å². The number of nitriles is 1. The number of fused-ring (bicyclic) bond motifs is 1. The zero-order valence-corrected chi connectivity index (χ0v) is 20.1. The van der Waals surface area contributed by atoms with E-state index in [1.54, 1.807) is 16.8 Å². The molecule has 3 heterocycles. The second kappa shape index (κ2) is 10.8. The highest BCUT2D eigenvalue weighted by atomic mass is 35.5. The van der Waals surface area contributed by atoms with Gasteiger partial charge in [-0.15, -0.1) is 0 Å². The first kappa shape index (κ1) is 25.2. The number of ether oxygens (including phenoxy) is 1. The molecule has 36 heavy (non-hydrogen) atoms. The maximum atomic E-state index is 12.6. The Morgan fingerprint density at radius 2 is 1.92 bits per heavy atom. The van der Waals surface area contributed by atoms with Gasteiger partial charge in [0.25, 0.3) is 11.5 Å². The molecule has 4 rings (SSSR count). The molecule has 3 N–H and O–H groups in total. The number of halogens is 2. The molecule has 1 saturated heterocycles. The van der Waals surface area contributed by atoms with Gasteiger partial charge in [0, 0.05) is 25.8 Å². The molecule has 0 aliphatic carbocycles. The van der Waals surface area contributed by atoms with Gasteiger partial charge in [-0.05, 0) is 37.0 Å². The van der Waals surface area contributed by atoms with E-state index in [1.807, 2.05) is 0 Å². The van der Waals surface area contributed by atoms with Crippen LogP contribution >= 0.6 is 23.2 Å². The van der Waals surface area contributed by atoms with Crippen molar-refractivity contribution in [3.63, 3.8) is 0 Å². The lowest BCUT2D eigenvalue weighted by Crippen LogP contribution is -2.34. The fourth-order valence-corrected chi connectivity index (χ4v) is 4.51. The summed E-state index contributed by atoms with van der Waals surface area (Å²) < 4.78 is 8.62. The predicted octanol–water partition coefficient (Wildman–Crippen LogP) is 3.01. The second-order valence-electron chi connectivity index (χ2n) is 7.90. The molecule has 0 bridgehead atoms. The molecule has 1 aromatic carbocycles. The van der Waals surface area contributed by atoms with Gasteiger partial charge in [0.15, 0.2) is 0 Å². The summed E-state index contributed by atoms with van der Waals surface area (Å²) in [6, 6.07) is 7.51. The normalized spacial score (nSPS) is 14.4. The number of hydrazone groups is 1. The van der Waals surface area contributed by atoms with Crippen molar-refractivity contribution in [2.45, 2.75) is 19.4 Å². The van der Waals surface area contributed by atoms with Gasteiger partial charge in [-0.25, -0.2) is 9.48 Å². The van der Waals surface area contributed by atoms with E-state index in [0.29, 0.717) is 42.4 Å². The lowest BCUT2D eigenvalue weighted by atomic mass is 10.0. The minimum Gasteiger partial charge on any atom is -0.465 e. The molecular formula is C22H19Cl2N7O5. The third-order valence-corrected chi connectivity index (χ3v) is 6.15. The Bertz CT molecular complexity index is 1440. The van der Waals surface area contributed by atoms with Crippen LogP contribution in [0.15, 0.2) is 40.4 Å². The topological polar surface area (TPSA) is 164 Å². The largest absolute Gasteiger partial charge is 0.465 e. The molecule has 1 fully saturated rings. The number of nitrogens with zero attached hydrogens (tertiary/aromatic N) is 5. The summed E-state index contributed by atoms with van der Waals surface area (Å²) in [5, 5.41) is 27.5. The average Bonchev–Trinajstić information content (AvgIpc) is 3.25. The molecule has 12 nitrogen and oxygen atoms in total. The fraction of sp³-hybridized carbons (Fsp3) is 0.273. The summed E-state index contributed by atoms with van der Waals surface area (Å²) in [6.45, 7) is 1.89. The third kappa shape index (κ3) is 5.33. The van der Waals surface area contributed by atoms with E-state index in [2.05, 4.69) is 15.6 Å². The maximum Gasteiger partial charge on any atom is 0.411 e. The molecule has 14 heteroatoms. The van der Waals surface area contributed by atoms with Crippen LogP contribution in [0.3, 0.4) is 0 Å². The Morgan fingerprint density at radius 1 is 1.22 bits per heavy atom. The highest BCUT2D eigenvalue weighted by Gasteiger charge is 2.20. The second-order valence-corrected chi connectivity index (χ2v) is 8.71. The van der Waals surface area contributed by atoms with Crippen molar-refractivity contribution >= 4 is 57.6 Å². The first-order valence-corrected chi connectivity index (χ1v) is 11.5. The van der Waals surface area contributed by atoms with Gasteiger partial charge >= 0.3 is 6.09 Å². The number of pyridine rings is 1. The molecular weight excluding hydrogens is 513 g/mol. The van der Waals surface area contributed by atoms with Gasteiger partial charge in [-0.2, -0.15) is 15.5 Å². The van der Waals surface area contributed by atoms with E-state index in [4.69, 9.17) is 38.3 Å². The van der Waals surface area contributed by atoms with Crippen LogP contribution in [0.4, 0.5) is 10.5 Å². The van der Waals surface area contributed by atoms with Gasteiger partial charge < -0.3 is 14.4 Å². The van der Waals surface area contributed by atoms with E-state index in [9.17, 15) is 14.4 Å². The SMILES string of the molecule is N#C/C(=N/Nc1cc(Cl)c(-n2ncc3c2ccc(=O)n3CC2CCOCC2)c(Cl)c1)C(=O)NC(=O)O. The molecule has 0 saturated carbocycles. The van der Waals surface area contributed by atoms with Gasteiger partial charge in [0.05, 0.1) is 33.0 Å². The van der Waals surface area contributed by atoms with Crippen molar-refractivity contribution in [2.24, 2.45) is 11.0 Å². The van der Waals surface area contributed by atoms with Crippen LogP contribution in [0.25, 0.3) is 16.7 Å². The van der Waals surface area contributed by atoms with Crippen molar-refractivity contribution in [2.75, 3.05) is 18.6 Å². The summed E-state index contributed by atoms with van der Waals surface area (Å²) in [6.07, 6.45) is 1.70. The summed E-state index contributed by atoms with van der Waals surface area (Å²) in [5.74, 6) is -0.875. The zero-order chi connectivity index (χ0) is 25.8. The van der Waals surface area contributed by atoms with Gasteiger partial charge in [-0.1, -0.05) is 23.2 Å². The minimum absolute atomic E-state index is 0.136. The van der Waals surface area contributed by atoms with Crippen LogP contribution in [-0.2, 0) is 16.1 Å². The summed E-state index contributed by atoms with van der Waals surface area (Å²) in [7, 11) is 0. The number of carboxylic acid groups (broad SMARTS) is 1. The molecule has 186 valence electrons. The Hall–Kier alpha value is -3.92. The van der Waals surface area contributed by atoms with Gasteiger partial charge in [-0.3, -0.25) is 20.3 Å². The molecule has 1 aliphatic heterocycles. The van der Waals surface area contributed by atoms with Crippen LogP contribution in [0.1, 0.15) is 12.8 Å². The average molecular weight is 532 g/mol. The molecule has 1 aliphatic rings. The van der Waals surface area contributed by atoms with E-state index >= 15 is 0 Å². The van der Waals surface area contributed by atoms with Crippen LogP contribution in [-0.4, -0.2) is 50.4 Å². The number of rotatable bonds is 6. The number of carbonyl (C=O) groups is 2. The Morgan fingerprint density at radius 3 is 2.56 bits per heavy atom. The Labute approximate surface area is 213 Å². The molecule has 0 atom stereocenters. The number of hydrogen-bond donors (Lipinski definition) is 3. The van der Waals surface area contributed by atoms with Crippen LogP contribution < -0.4 is 16.3 Å². The molecule has 0 spiro atoms. The zero-order valence-electron chi connectivity index (χ0n) is 18.6. The van der Waals surface area contributed by atoms with Crippen molar-refractivity contribution in [3.8, 4) is 11.8 Å². The number of carbonyl (C=O) groups excluding carboxylic acids is 1. The van der Waals surface area contributed by atoms with Gasteiger partial charge in [0.1, 0.15) is 11.8 Å². The highest BCUT2D eigenvalue weighted by Crippen LogP contribution is 2.34. The lowest BCUT2D eigenvalue weighted by Gasteiger charge is -2.23. The number of nitrogens with one attached hydrogen (secondary N) is 2. The number of benzene rings is 1. The summed E-state index contributed by atoms with van der Waals surface area (Å²) >= 11 is 13.0. The van der Waals surface area contributed by atoms with Crippen LogP contribution in [0.5, 0.6) is 0 Å². The number of imide groups is 1. The van der Waals surface area contributed by atoms with Crippen molar-refractivity contribution < 1.29 is 19.4 Å². The molecule has 2 aromatic heterocycles. The molecule has 0 radical (unpaired) electrons. The number of anilines is 1. The van der Waals surface area contributed by atoms with Gasteiger partial charge in [0.2, 0.25) is 5.71 Å². The first-order valence-electron chi connectivity index (χ1n) is 10.7. The standard InChI is InChI=1S/C22H19Cl2N7O5/c23-14-7-13(28-29-16(9-25)21(33)27-22(34)35)8-15(24)20(14)31-17-1-2-19(32)30(18(17)10-26-31)11-12-3-5-36-6-4-12/h1-2,7-8,10,12,28H,3-6,11H2,(H,27,33)(H,34,35)/b29-16-. The quantitative estimate of drug-likeness (QED) is 0.322. The smallest absolute Gasteiger partial charge is 0.411 e. The van der Waals surface area contributed by atoms with E-state index < -0.39 is 17.7 Å². The first-order chi connectivity index (χ1) is 17.3. The molecule has 2 amide bonds. The summed E-state index contributed by atoms with van der Waals surface area (Å²) in [5.41, 5.74) is 3.46. The van der Waals surface area contributed by atoms with Crippen LogP contribution in [0, 0.1) is 17.2 Å². The highest BCUT2D eigenvalue weighted by molar-refractivity contribution is 6.46. The van der Waals surface area contributed by atoms with E-state index in [-0.39, 0.29) is 21.3 Å². The van der Waals surface area contributed by atoms with E-state index in [0.717, 1.165) is 12.8 Å². The monoisotopic (exact) mass is 531 g/mol. The lowest BCUT2D eigenvalue weighted by molar-refractivity contribution is -0.114. The Balaban J connectivity index is 1.65.